The van der Waals surface area contributed by atoms with E-state index in [0.29, 0.717) is 31.7 Å². The number of piperazine rings is 1. The van der Waals surface area contributed by atoms with Gasteiger partial charge in [0.1, 0.15) is 11.4 Å². The summed E-state index contributed by atoms with van der Waals surface area (Å²) in [5.41, 5.74) is -1.32. The topological polar surface area (TPSA) is 58.6 Å². The number of alkyl halides is 3. The first-order valence-electron chi connectivity index (χ1n) is 10.0. The molecule has 0 unspecified atom stereocenters. The minimum Gasteiger partial charge on any atom is -0.444 e. The zero-order valence-electron chi connectivity index (χ0n) is 18.0. The number of ether oxygens (including phenoxy) is 1. The summed E-state index contributed by atoms with van der Waals surface area (Å²) in [7, 11) is 0. The molecular formula is C22H24F4N4O2. The standard InChI is InChI=1S/C22H24F4N4O2/c1-21(2,3)32-20(31)30-12-10-29(11-13-30)18-14-16(19(28-27-18)22(24,25)26)7-4-15-5-8-17(23)9-6-15/h4-9,14H,10-13H2,1-3H3. The molecule has 32 heavy (non-hydrogen) atoms. The number of hydrogen-bond acceptors (Lipinski definition) is 5. The molecule has 1 aromatic heterocycles. The highest BCUT2D eigenvalue weighted by molar-refractivity contribution is 5.72. The van der Waals surface area contributed by atoms with Crippen molar-refractivity contribution >= 4 is 24.1 Å². The summed E-state index contributed by atoms with van der Waals surface area (Å²) in [4.78, 5) is 15.5. The number of halogens is 4. The lowest BCUT2D eigenvalue weighted by molar-refractivity contribution is -0.141. The van der Waals surface area contributed by atoms with Gasteiger partial charge in [0.05, 0.1) is 0 Å². The van der Waals surface area contributed by atoms with Crippen LogP contribution in [0.4, 0.5) is 28.2 Å². The van der Waals surface area contributed by atoms with Crippen LogP contribution in [0.25, 0.3) is 12.2 Å². The predicted molar refractivity (Wildman–Crippen MR) is 112 cm³/mol. The van der Waals surface area contributed by atoms with Crippen molar-refractivity contribution < 1.29 is 27.1 Å². The van der Waals surface area contributed by atoms with Crippen LogP contribution < -0.4 is 4.90 Å². The lowest BCUT2D eigenvalue weighted by Crippen LogP contribution is -2.50. The number of carbonyl (C=O) groups excluding carboxylic acids is 1. The van der Waals surface area contributed by atoms with Crippen molar-refractivity contribution in [1.82, 2.24) is 15.1 Å². The molecule has 6 nitrogen and oxygen atoms in total. The van der Waals surface area contributed by atoms with Crippen molar-refractivity contribution in [1.29, 1.82) is 0 Å². The maximum absolute atomic E-state index is 13.4. The van der Waals surface area contributed by atoms with E-state index in [1.165, 1.54) is 42.5 Å². The predicted octanol–water partition coefficient (Wildman–Crippen LogP) is 4.86. The molecule has 0 atom stereocenters. The van der Waals surface area contributed by atoms with Crippen molar-refractivity contribution in [2.75, 3.05) is 31.1 Å². The molecule has 10 heteroatoms. The van der Waals surface area contributed by atoms with Gasteiger partial charge < -0.3 is 14.5 Å². The molecule has 1 saturated heterocycles. The Labute approximate surface area is 183 Å². The lowest BCUT2D eigenvalue weighted by atomic mass is 10.1. The van der Waals surface area contributed by atoms with Crippen LogP contribution in [0.1, 0.15) is 37.6 Å². The largest absolute Gasteiger partial charge is 0.444 e. The highest BCUT2D eigenvalue weighted by Crippen LogP contribution is 2.32. The molecule has 0 saturated carbocycles. The first kappa shape index (κ1) is 23.5. The Balaban J connectivity index is 1.77. The van der Waals surface area contributed by atoms with Crippen LogP contribution in [0.3, 0.4) is 0 Å². The second kappa shape index (κ2) is 9.13. The molecule has 0 spiro atoms. The van der Waals surface area contributed by atoms with Crippen LogP contribution in [0.15, 0.2) is 30.3 Å². The van der Waals surface area contributed by atoms with E-state index < -0.39 is 29.4 Å². The minimum absolute atomic E-state index is 0.151. The Morgan fingerprint density at radius 2 is 1.62 bits per heavy atom. The zero-order chi connectivity index (χ0) is 23.5. The fraction of sp³-hybridized carbons (Fsp3) is 0.409. The third kappa shape index (κ3) is 6.18. The van der Waals surface area contributed by atoms with E-state index in [4.69, 9.17) is 4.74 Å². The molecule has 1 amide bonds. The smallest absolute Gasteiger partial charge is 0.435 e. The number of rotatable bonds is 3. The molecule has 1 aromatic carbocycles. The molecule has 0 radical (unpaired) electrons. The summed E-state index contributed by atoms with van der Waals surface area (Å²) < 4.78 is 58.7. The van der Waals surface area contributed by atoms with Crippen molar-refractivity contribution in [3.63, 3.8) is 0 Å². The Hall–Kier alpha value is -3.17. The van der Waals surface area contributed by atoms with E-state index in [1.807, 2.05) is 0 Å². The number of nitrogens with zero attached hydrogens (tertiary/aromatic N) is 4. The summed E-state index contributed by atoms with van der Waals surface area (Å²) in [6.07, 6.45) is -2.37. The van der Waals surface area contributed by atoms with Gasteiger partial charge in [-0.15, -0.1) is 10.2 Å². The van der Waals surface area contributed by atoms with Gasteiger partial charge in [0, 0.05) is 31.7 Å². The normalized spacial score (nSPS) is 15.3. The Morgan fingerprint density at radius 1 is 1.00 bits per heavy atom. The SMILES string of the molecule is CC(C)(C)OC(=O)N1CCN(c2cc(C=Cc3ccc(F)cc3)c(C(F)(F)F)nn2)CC1. The van der Waals surface area contributed by atoms with Gasteiger partial charge in [0.15, 0.2) is 11.5 Å². The Kier molecular flexibility index (Phi) is 6.71. The van der Waals surface area contributed by atoms with Gasteiger partial charge in [0.2, 0.25) is 0 Å². The molecule has 3 rings (SSSR count). The molecular weight excluding hydrogens is 428 g/mol. The van der Waals surface area contributed by atoms with Crippen LogP contribution in [0.5, 0.6) is 0 Å². The molecule has 1 fully saturated rings. The first-order chi connectivity index (χ1) is 14.9. The number of hydrogen-bond donors (Lipinski definition) is 0. The molecule has 0 N–H and O–H groups in total. The quantitative estimate of drug-likeness (QED) is 0.623. The number of benzene rings is 1. The van der Waals surface area contributed by atoms with Crippen molar-refractivity contribution in [2.45, 2.75) is 32.5 Å². The third-order valence-corrected chi connectivity index (χ3v) is 4.66. The molecule has 172 valence electrons. The van der Waals surface area contributed by atoms with Gasteiger partial charge >= 0.3 is 12.3 Å². The van der Waals surface area contributed by atoms with Gasteiger partial charge in [-0.2, -0.15) is 13.2 Å². The Bertz CT molecular complexity index is 977. The number of aromatic nitrogens is 2. The number of carbonyl (C=O) groups is 1. The van der Waals surface area contributed by atoms with E-state index in [1.54, 1.807) is 30.6 Å². The first-order valence-corrected chi connectivity index (χ1v) is 10.0. The van der Waals surface area contributed by atoms with Gasteiger partial charge in [-0.25, -0.2) is 9.18 Å². The molecule has 1 aliphatic heterocycles. The highest BCUT2D eigenvalue weighted by Gasteiger charge is 2.36. The molecule has 2 heterocycles. The van der Waals surface area contributed by atoms with Gasteiger partial charge in [-0.3, -0.25) is 0 Å². The molecule has 0 bridgehead atoms. The maximum Gasteiger partial charge on any atom is 0.435 e. The average Bonchev–Trinajstić information content (AvgIpc) is 2.71. The number of amides is 1. The third-order valence-electron chi connectivity index (χ3n) is 4.66. The van der Waals surface area contributed by atoms with Crippen LogP contribution in [-0.4, -0.2) is 53.0 Å². The van der Waals surface area contributed by atoms with Crippen molar-refractivity contribution in [3.8, 4) is 0 Å². The summed E-state index contributed by atoms with van der Waals surface area (Å²) in [5.74, 6) is -0.155. The molecule has 0 aliphatic carbocycles. The fourth-order valence-corrected chi connectivity index (χ4v) is 3.10. The van der Waals surface area contributed by atoms with E-state index in [-0.39, 0.29) is 11.4 Å². The second-order valence-corrected chi connectivity index (χ2v) is 8.34. The van der Waals surface area contributed by atoms with E-state index in [2.05, 4.69) is 10.2 Å². The van der Waals surface area contributed by atoms with Crippen LogP contribution in [0, 0.1) is 5.82 Å². The zero-order valence-corrected chi connectivity index (χ0v) is 18.0. The van der Waals surface area contributed by atoms with Gasteiger partial charge in [0.25, 0.3) is 0 Å². The van der Waals surface area contributed by atoms with Crippen LogP contribution in [0.2, 0.25) is 0 Å². The highest BCUT2D eigenvalue weighted by atomic mass is 19.4. The minimum atomic E-state index is -4.68. The summed E-state index contributed by atoms with van der Waals surface area (Å²) in [6.45, 7) is 6.78. The van der Waals surface area contributed by atoms with E-state index >= 15 is 0 Å². The van der Waals surface area contributed by atoms with Crippen LogP contribution in [-0.2, 0) is 10.9 Å². The van der Waals surface area contributed by atoms with Crippen molar-refractivity contribution in [2.24, 2.45) is 0 Å². The summed E-state index contributed by atoms with van der Waals surface area (Å²) in [5, 5.41) is 7.18. The Morgan fingerprint density at radius 3 is 2.19 bits per heavy atom. The summed E-state index contributed by atoms with van der Waals surface area (Å²) >= 11 is 0. The monoisotopic (exact) mass is 452 g/mol. The van der Waals surface area contributed by atoms with E-state index in [9.17, 15) is 22.4 Å². The molecule has 1 aliphatic rings. The van der Waals surface area contributed by atoms with Crippen molar-refractivity contribution in [3.05, 3.63) is 53.0 Å². The maximum atomic E-state index is 13.4. The second-order valence-electron chi connectivity index (χ2n) is 8.34. The average molecular weight is 452 g/mol. The van der Waals surface area contributed by atoms with Gasteiger partial charge in [-0.1, -0.05) is 24.3 Å². The lowest BCUT2D eigenvalue weighted by Gasteiger charge is -2.36. The van der Waals surface area contributed by atoms with Gasteiger partial charge in [-0.05, 0) is 44.5 Å². The summed E-state index contributed by atoms with van der Waals surface area (Å²) in [6, 6.07) is 6.70. The fourth-order valence-electron chi connectivity index (χ4n) is 3.10. The number of anilines is 1. The molecule has 2 aromatic rings. The van der Waals surface area contributed by atoms with E-state index in [0.717, 1.165) is 0 Å². The van der Waals surface area contributed by atoms with Crippen LogP contribution >= 0.6 is 0 Å².